The Labute approximate surface area is 189 Å². The van der Waals surface area contributed by atoms with Crippen LogP contribution in [0.3, 0.4) is 0 Å². The maximum absolute atomic E-state index is 12.2. The van der Waals surface area contributed by atoms with Crippen molar-refractivity contribution in [2.45, 2.75) is 31.7 Å². The van der Waals surface area contributed by atoms with Crippen molar-refractivity contribution in [2.24, 2.45) is 0 Å². The van der Waals surface area contributed by atoms with E-state index in [0.29, 0.717) is 34.6 Å². The first-order valence-corrected chi connectivity index (χ1v) is 11.8. The van der Waals surface area contributed by atoms with Gasteiger partial charge in [-0.3, -0.25) is 9.19 Å². The molecule has 0 radical (unpaired) electrons. The van der Waals surface area contributed by atoms with Crippen LogP contribution in [0.4, 0.5) is 0 Å². The van der Waals surface area contributed by atoms with Gasteiger partial charge >= 0.3 is 0 Å². The summed E-state index contributed by atoms with van der Waals surface area (Å²) in [5.41, 5.74) is 4.85. The van der Waals surface area contributed by atoms with Gasteiger partial charge in [0.1, 0.15) is 5.69 Å². The molecule has 8 heteroatoms. The van der Waals surface area contributed by atoms with Crippen molar-refractivity contribution in [2.75, 3.05) is 12.8 Å². The van der Waals surface area contributed by atoms with E-state index >= 15 is 0 Å². The van der Waals surface area contributed by atoms with Gasteiger partial charge in [0.15, 0.2) is 0 Å². The molecular formula is C24H25N5O2S. The van der Waals surface area contributed by atoms with Crippen LogP contribution in [0.15, 0.2) is 64.0 Å². The first-order chi connectivity index (χ1) is 15.6. The average Bonchev–Trinajstić information content (AvgIpc) is 3.30. The number of nitrogens with zero attached hydrogens (tertiary/aromatic N) is 4. The fourth-order valence-corrected chi connectivity index (χ4v) is 4.32. The van der Waals surface area contributed by atoms with Crippen LogP contribution in [-0.4, -0.2) is 37.2 Å². The lowest BCUT2D eigenvalue weighted by Crippen LogP contribution is -2.04. The van der Waals surface area contributed by atoms with Crippen LogP contribution in [-0.2, 0) is 17.3 Å². The van der Waals surface area contributed by atoms with E-state index in [2.05, 4.69) is 20.5 Å². The molecule has 1 unspecified atom stereocenters. The first kappa shape index (κ1) is 22.0. The van der Waals surface area contributed by atoms with Gasteiger partial charge in [0.25, 0.3) is 5.89 Å². The van der Waals surface area contributed by atoms with Gasteiger partial charge < -0.3 is 9.73 Å². The number of aromatic nitrogens is 4. The minimum absolute atomic E-state index is 0.326. The molecule has 0 spiro atoms. The highest BCUT2D eigenvalue weighted by atomic mass is 32.2. The maximum atomic E-state index is 12.2. The molecule has 2 aromatic heterocycles. The first-order valence-electron chi connectivity index (χ1n) is 10.5. The Morgan fingerprint density at radius 3 is 2.34 bits per heavy atom. The molecule has 0 saturated heterocycles. The standard InChI is InChI=1S/C24H25N5O2S/c1-4-13-32(30)20-11-9-18(10-12-20)21-15-26-16(2)22(27-21)24-29-28-23(31-24)19-7-5-17(6-8-19)14-25-3/h5-12,15,25H,4,13-14H2,1-3H3. The number of aryl methyl sites for hydroxylation is 1. The summed E-state index contributed by atoms with van der Waals surface area (Å²) in [4.78, 5) is 10.0. The number of benzene rings is 2. The second-order valence-corrected chi connectivity index (χ2v) is 8.97. The van der Waals surface area contributed by atoms with Gasteiger partial charge in [0.05, 0.1) is 28.4 Å². The summed E-state index contributed by atoms with van der Waals surface area (Å²) in [6.45, 7) is 4.68. The molecule has 0 bridgehead atoms. The molecule has 0 fully saturated rings. The van der Waals surface area contributed by atoms with E-state index in [1.54, 1.807) is 6.20 Å². The van der Waals surface area contributed by atoms with Crippen molar-refractivity contribution in [3.8, 4) is 34.3 Å². The van der Waals surface area contributed by atoms with Gasteiger partial charge in [-0.05, 0) is 50.2 Å². The predicted octanol–water partition coefficient (Wildman–Crippen LogP) is 4.41. The van der Waals surface area contributed by atoms with Crippen LogP contribution >= 0.6 is 0 Å². The second-order valence-electron chi connectivity index (χ2n) is 7.40. The van der Waals surface area contributed by atoms with Crippen LogP contribution < -0.4 is 5.32 Å². The molecule has 32 heavy (non-hydrogen) atoms. The second kappa shape index (κ2) is 9.93. The largest absolute Gasteiger partial charge is 0.415 e. The number of nitrogens with one attached hydrogen (secondary N) is 1. The summed E-state index contributed by atoms with van der Waals surface area (Å²) in [7, 11) is 0.937. The van der Waals surface area contributed by atoms with Gasteiger partial charge in [0, 0.05) is 28.3 Å². The number of rotatable bonds is 8. The van der Waals surface area contributed by atoms with Gasteiger partial charge in [-0.25, -0.2) is 4.98 Å². The lowest BCUT2D eigenvalue weighted by atomic mass is 10.1. The van der Waals surface area contributed by atoms with E-state index in [-0.39, 0.29) is 0 Å². The Morgan fingerprint density at radius 2 is 1.66 bits per heavy atom. The molecule has 0 amide bonds. The highest BCUT2D eigenvalue weighted by Crippen LogP contribution is 2.27. The third-order valence-electron chi connectivity index (χ3n) is 4.97. The fraction of sp³-hybridized carbons (Fsp3) is 0.250. The SMILES string of the molecule is CCCS(=O)c1ccc(-c2cnc(C)c(-c3nnc(-c4ccc(CNC)cc4)o3)n2)cc1. The Morgan fingerprint density at radius 1 is 0.969 bits per heavy atom. The Hall–Kier alpha value is -3.23. The van der Waals surface area contributed by atoms with Crippen molar-refractivity contribution >= 4 is 10.8 Å². The van der Waals surface area contributed by atoms with Crippen molar-refractivity contribution < 1.29 is 8.63 Å². The van der Waals surface area contributed by atoms with Crippen LogP contribution in [0, 0.1) is 6.92 Å². The van der Waals surface area contributed by atoms with Crippen LogP contribution in [0.1, 0.15) is 24.6 Å². The molecule has 7 nitrogen and oxygen atoms in total. The van der Waals surface area contributed by atoms with E-state index in [1.807, 2.05) is 69.4 Å². The molecule has 0 aliphatic rings. The summed E-state index contributed by atoms with van der Waals surface area (Å²) in [5.74, 6) is 1.42. The molecule has 0 aliphatic heterocycles. The molecule has 0 aliphatic carbocycles. The van der Waals surface area contributed by atoms with E-state index in [0.717, 1.165) is 29.0 Å². The molecule has 2 heterocycles. The Balaban J connectivity index is 1.60. The summed E-state index contributed by atoms with van der Waals surface area (Å²) in [6.07, 6.45) is 2.60. The smallest absolute Gasteiger partial charge is 0.268 e. The van der Waals surface area contributed by atoms with E-state index in [4.69, 9.17) is 9.40 Å². The number of hydrogen-bond acceptors (Lipinski definition) is 7. The molecule has 2 aromatic carbocycles. The minimum atomic E-state index is -0.977. The predicted molar refractivity (Wildman–Crippen MR) is 125 cm³/mol. The monoisotopic (exact) mass is 447 g/mol. The average molecular weight is 448 g/mol. The van der Waals surface area contributed by atoms with Crippen LogP contribution in [0.5, 0.6) is 0 Å². The van der Waals surface area contributed by atoms with E-state index in [9.17, 15) is 4.21 Å². The summed E-state index contributed by atoms with van der Waals surface area (Å²) >= 11 is 0. The summed E-state index contributed by atoms with van der Waals surface area (Å²) in [5, 5.41) is 11.5. The maximum Gasteiger partial charge on any atom is 0.268 e. The third-order valence-corrected chi connectivity index (χ3v) is 6.54. The van der Waals surface area contributed by atoms with Gasteiger partial charge in [-0.1, -0.05) is 31.2 Å². The van der Waals surface area contributed by atoms with Crippen molar-refractivity contribution in [1.82, 2.24) is 25.5 Å². The van der Waals surface area contributed by atoms with Crippen LogP contribution in [0.2, 0.25) is 0 Å². The normalized spacial score (nSPS) is 12.1. The lowest BCUT2D eigenvalue weighted by molar-refractivity contribution is 0.581. The van der Waals surface area contributed by atoms with E-state index in [1.165, 1.54) is 5.56 Å². The lowest BCUT2D eigenvalue weighted by Gasteiger charge is -2.06. The Kier molecular flexibility index (Phi) is 6.82. The van der Waals surface area contributed by atoms with Gasteiger partial charge in [-0.15, -0.1) is 10.2 Å². The zero-order valence-corrected chi connectivity index (χ0v) is 19.1. The molecule has 164 valence electrons. The molecule has 4 rings (SSSR count). The zero-order valence-electron chi connectivity index (χ0n) is 18.3. The van der Waals surface area contributed by atoms with Crippen LogP contribution in [0.25, 0.3) is 34.3 Å². The van der Waals surface area contributed by atoms with Gasteiger partial charge in [0.2, 0.25) is 5.89 Å². The highest BCUT2D eigenvalue weighted by molar-refractivity contribution is 7.85. The third kappa shape index (κ3) is 4.81. The summed E-state index contributed by atoms with van der Waals surface area (Å²) < 4.78 is 18.1. The summed E-state index contributed by atoms with van der Waals surface area (Å²) in [6, 6.07) is 15.6. The fourth-order valence-electron chi connectivity index (χ4n) is 3.28. The highest BCUT2D eigenvalue weighted by Gasteiger charge is 2.16. The minimum Gasteiger partial charge on any atom is -0.415 e. The Bertz CT molecular complexity index is 1220. The molecule has 4 aromatic rings. The quantitative estimate of drug-likeness (QED) is 0.428. The van der Waals surface area contributed by atoms with Crippen molar-refractivity contribution in [3.05, 3.63) is 66.0 Å². The molecule has 1 atom stereocenters. The van der Waals surface area contributed by atoms with Crippen molar-refractivity contribution in [3.63, 3.8) is 0 Å². The van der Waals surface area contributed by atoms with Gasteiger partial charge in [-0.2, -0.15) is 0 Å². The molecule has 1 N–H and O–H groups in total. The van der Waals surface area contributed by atoms with Crippen molar-refractivity contribution in [1.29, 1.82) is 0 Å². The number of hydrogen-bond donors (Lipinski definition) is 1. The molecular weight excluding hydrogens is 422 g/mol. The molecule has 0 saturated carbocycles. The topological polar surface area (TPSA) is 93.8 Å². The van der Waals surface area contributed by atoms with E-state index < -0.39 is 10.8 Å². The zero-order chi connectivity index (χ0) is 22.5.